The van der Waals surface area contributed by atoms with E-state index < -0.39 is 5.41 Å². The molecular weight excluding hydrogens is 316 g/mol. The van der Waals surface area contributed by atoms with Crippen molar-refractivity contribution in [3.05, 3.63) is 41.0 Å². The Morgan fingerprint density at radius 3 is 2.92 bits per heavy atom. The molecule has 1 saturated carbocycles. The summed E-state index contributed by atoms with van der Waals surface area (Å²) in [5.41, 5.74) is 1.71. The Hall–Kier alpha value is -2.37. The maximum Gasteiger partial charge on any atom is 0.231 e. The lowest BCUT2D eigenvalue weighted by molar-refractivity contribution is -0.123. The molecule has 0 bridgehead atoms. The van der Waals surface area contributed by atoms with Crippen LogP contribution < -0.4 is 10.1 Å². The molecule has 1 amide bonds. The van der Waals surface area contributed by atoms with Gasteiger partial charge in [0.1, 0.15) is 11.6 Å². The van der Waals surface area contributed by atoms with Crippen molar-refractivity contribution in [1.29, 1.82) is 0 Å². The van der Waals surface area contributed by atoms with Crippen LogP contribution in [0.4, 0.5) is 0 Å². The summed E-state index contributed by atoms with van der Waals surface area (Å²) in [5.74, 6) is 2.81. The molecule has 2 heterocycles. The lowest BCUT2D eigenvalue weighted by Gasteiger charge is -2.18. The summed E-state index contributed by atoms with van der Waals surface area (Å²) < 4.78 is 7.57. The third-order valence-electron chi connectivity index (χ3n) is 5.49. The predicted molar refractivity (Wildman–Crippen MR) is 93.4 cm³/mol. The maximum atomic E-state index is 12.9. The maximum absolute atomic E-state index is 12.9. The van der Waals surface area contributed by atoms with Gasteiger partial charge >= 0.3 is 0 Å². The average Bonchev–Trinajstić information content (AvgIpc) is 3.35. The minimum Gasteiger partial charge on any atom is -0.496 e. The van der Waals surface area contributed by atoms with Crippen molar-refractivity contribution in [2.75, 3.05) is 7.11 Å². The highest BCUT2D eigenvalue weighted by atomic mass is 16.5. The van der Waals surface area contributed by atoms with Crippen LogP contribution in [0.2, 0.25) is 0 Å². The van der Waals surface area contributed by atoms with Crippen LogP contribution in [-0.2, 0) is 29.7 Å². The highest BCUT2D eigenvalue weighted by Gasteiger charge is 2.51. The number of fused-ring (bicyclic) bond motifs is 1. The van der Waals surface area contributed by atoms with Crippen LogP contribution in [0.15, 0.2) is 18.2 Å². The zero-order valence-corrected chi connectivity index (χ0v) is 14.8. The number of aromatic nitrogens is 3. The normalized spacial score (nSPS) is 17.7. The van der Waals surface area contributed by atoms with Crippen molar-refractivity contribution in [3.8, 4) is 5.75 Å². The van der Waals surface area contributed by atoms with Crippen LogP contribution in [0.1, 0.15) is 48.5 Å². The molecule has 0 unspecified atom stereocenters. The molecule has 2 aromatic rings. The second-order valence-corrected chi connectivity index (χ2v) is 7.09. The summed E-state index contributed by atoms with van der Waals surface area (Å²) in [6.07, 6.45) is 5.06. The first-order valence-corrected chi connectivity index (χ1v) is 8.98. The highest BCUT2D eigenvalue weighted by Crippen LogP contribution is 2.49. The van der Waals surface area contributed by atoms with E-state index in [-0.39, 0.29) is 5.91 Å². The lowest BCUT2D eigenvalue weighted by Crippen LogP contribution is -2.35. The van der Waals surface area contributed by atoms with Crippen LogP contribution in [0.25, 0.3) is 0 Å². The Morgan fingerprint density at radius 1 is 1.32 bits per heavy atom. The summed E-state index contributed by atoms with van der Waals surface area (Å²) in [4.78, 5) is 12.9. The van der Waals surface area contributed by atoms with Gasteiger partial charge in [0.05, 0.1) is 19.1 Å². The predicted octanol–water partition coefficient (Wildman–Crippen LogP) is 2.28. The number of carbonyl (C=O) groups excluding carboxylic acids is 1. The van der Waals surface area contributed by atoms with E-state index in [9.17, 15) is 4.79 Å². The van der Waals surface area contributed by atoms with E-state index >= 15 is 0 Å². The Balaban J connectivity index is 1.48. The van der Waals surface area contributed by atoms with Gasteiger partial charge in [-0.1, -0.05) is 12.1 Å². The number of nitrogens with one attached hydrogen (secondary N) is 1. The molecule has 1 aliphatic carbocycles. The van der Waals surface area contributed by atoms with E-state index in [2.05, 4.69) is 20.1 Å². The minimum atomic E-state index is -0.411. The Bertz CT molecular complexity index is 808. The number of carbonyl (C=O) groups is 1. The first-order valence-electron chi connectivity index (χ1n) is 8.98. The largest absolute Gasteiger partial charge is 0.496 e. The van der Waals surface area contributed by atoms with Crippen LogP contribution in [0, 0.1) is 6.92 Å². The van der Waals surface area contributed by atoms with E-state index in [4.69, 9.17) is 4.74 Å². The van der Waals surface area contributed by atoms with Crippen molar-refractivity contribution in [2.24, 2.45) is 0 Å². The van der Waals surface area contributed by atoms with Crippen LogP contribution >= 0.6 is 0 Å². The fourth-order valence-electron chi connectivity index (χ4n) is 3.72. The van der Waals surface area contributed by atoms with Crippen molar-refractivity contribution in [1.82, 2.24) is 20.1 Å². The van der Waals surface area contributed by atoms with E-state index in [0.717, 1.165) is 60.8 Å². The minimum absolute atomic E-state index is 0.0755. The quantitative estimate of drug-likeness (QED) is 0.907. The van der Waals surface area contributed by atoms with Crippen LogP contribution in [0.3, 0.4) is 0 Å². The molecule has 0 atom stereocenters. The first-order chi connectivity index (χ1) is 12.1. The van der Waals surface area contributed by atoms with Gasteiger partial charge in [-0.25, -0.2) is 0 Å². The third kappa shape index (κ3) is 2.79. The molecule has 0 radical (unpaired) electrons. The van der Waals surface area contributed by atoms with E-state index in [1.54, 1.807) is 7.11 Å². The van der Waals surface area contributed by atoms with Gasteiger partial charge in [-0.15, -0.1) is 10.2 Å². The highest BCUT2D eigenvalue weighted by molar-refractivity contribution is 5.91. The molecule has 4 rings (SSSR count). The van der Waals surface area contributed by atoms with Crippen molar-refractivity contribution >= 4 is 5.91 Å². The number of methoxy groups -OCH3 is 1. The number of rotatable bonds is 5. The fraction of sp³-hybridized carbons (Fsp3) is 0.526. The number of nitrogens with zero attached hydrogens (tertiary/aromatic N) is 3. The Morgan fingerprint density at radius 2 is 2.16 bits per heavy atom. The topological polar surface area (TPSA) is 69.0 Å². The second kappa shape index (κ2) is 6.17. The van der Waals surface area contributed by atoms with Gasteiger partial charge < -0.3 is 14.6 Å². The first kappa shape index (κ1) is 16.1. The molecule has 132 valence electrons. The molecule has 25 heavy (non-hydrogen) atoms. The smallest absolute Gasteiger partial charge is 0.231 e. The SMILES string of the molecule is COc1cc(C2(C(=O)NCc3nnc4n3CCCC4)CC2)ccc1C. The van der Waals surface area contributed by atoms with E-state index in [1.807, 2.05) is 25.1 Å². The summed E-state index contributed by atoms with van der Waals surface area (Å²) >= 11 is 0. The van der Waals surface area contributed by atoms with Crippen molar-refractivity contribution in [2.45, 2.75) is 57.5 Å². The molecule has 6 heteroatoms. The van der Waals surface area contributed by atoms with Gasteiger partial charge in [-0.05, 0) is 49.8 Å². The van der Waals surface area contributed by atoms with Crippen molar-refractivity contribution < 1.29 is 9.53 Å². The zero-order valence-electron chi connectivity index (χ0n) is 14.8. The third-order valence-corrected chi connectivity index (χ3v) is 5.49. The fourth-order valence-corrected chi connectivity index (χ4v) is 3.72. The zero-order chi connectivity index (χ0) is 17.4. The van der Waals surface area contributed by atoms with Gasteiger partial charge in [0.2, 0.25) is 5.91 Å². The van der Waals surface area contributed by atoms with Crippen LogP contribution in [-0.4, -0.2) is 27.8 Å². The average molecular weight is 340 g/mol. The summed E-state index contributed by atoms with van der Waals surface area (Å²) in [6.45, 7) is 3.40. The number of hydrogen-bond acceptors (Lipinski definition) is 4. The number of benzene rings is 1. The van der Waals surface area contributed by atoms with Gasteiger partial charge in [0.15, 0.2) is 5.82 Å². The standard InChI is InChI=1S/C19H24N4O2/c1-13-6-7-14(11-15(13)25-2)19(8-9-19)18(24)20-12-17-22-21-16-5-3-4-10-23(16)17/h6-7,11H,3-5,8-10,12H2,1-2H3,(H,20,24). The number of hydrogen-bond donors (Lipinski definition) is 1. The molecular formula is C19H24N4O2. The Labute approximate surface area is 147 Å². The molecule has 1 aromatic carbocycles. The van der Waals surface area contributed by atoms with Gasteiger partial charge in [0, 0.05) is 13.0 Å². The molecule has 2 aliphatic rings. The van der Waals surface area contributed by atoms with E-state index in [0.29, 0.717) is 6.54 Å². The summed E-state index contributed by atoms with van der Waals surface area (Å²) in [7, 11) is 1.67. The Kier molecular flexibility index (Phi) is 3.98. The summed E-state index contributed by atoms with van der Waals surface area (Å²) in [6, 6.07) is 6.07. The molecule has 1 aliphatic heterocycles. The number of amides is 1. The van der Waals surface area contributed by atoms with Gasteiger partial charge in [-0.3, -0.25) is 4.79 Å². The monoisotopic (exact) mass is 340 g/mol. The summed E-state index contributed by atoms with van der Waals surface area (Å²) in [5, 5.41) is 11.6. The number of ether oxygens (including phenoxy) is 1. The molecule has 0 saturated heterocycles. The molecule has 6 nitrogen and oxygen atoms in total. The van der Waals surface area contributed by atoms with Gasteiger partial charge in [-0.2, -0.15) is 0 Å². The van der Waals surface area contributed by atoms with E-state index in [1.165, 1.54) is 6.42 Å². The molecule has 1 fully saturated rings. The number of aryl methyl sites for hydroxylation is 2. The lowest BCUT2D eigenvalue weighted by atomic mass is 9.93. The molecule has 0 spiro atoms. The molecule has 1 N–H and O–H groups in total. The van der Waals surface area contributed by atoms with Crippen molar-refractivity contribution in [3.63, 3.8) is 0 Å². The van der Waals surface area contributed by atoms with Gasteiger partial charge in [0.25, 0.3) is 0 Å². The second-order valence-electron chi connectivity index (χ2n) is 7.09. The molecule has 1 aromatic heterocycles. The van der Waals surface area contributed by atoms with Crippen LogP contribution in [0.5, 0.6) is 5.75 Å².